The van der Waals surface area contributed by atoms with E-state index in [9.17, 15) is 0 Å². The van der Waals surface area contributed by atoms with Crippen LogP contribution in [0.25, 0.3) is 0 Å². The van der Waals surface area contributed by atoms with Crippen molar-refractivity contribution in [3.8, 4) is 0 Å². The van der Waals surface area contributed by atoms with Gasteiger partial charge in [0.05, 0.1) is 5.69 Å². The third kappa shape index (κ3) is 3.61. The molecule has 0 spiro atoms. The first kappa shape index (κ1) is 11.6. The maximum atomic E-state index is 4.22. The number of aromatic nitrogens is 2. The van der Waals surface area contributed by atoms with E-state index in [1.807, 2.05) is 0 Å². The van der Waals surface area contributed by atoms with Gasteiger partial charge < -0.3 is 10.6 Å². The zero-order chi connectivity index (χ0) is 11.4. The van der Waals surface area contributed by atoms with Gasteiger partial charge >= 0.3 is 0 Å². The summed E-state index contributed by atoms with van der Waals surface area (Å²) in [5, 5.41) is 14.3. The van der Waals surface area contributed by atoms with E-state index in [1.165, 1.54) is 18.5 Å². The van der Waals surface area contributed by atoms with E-state index in [0.717, 1.165) is 31.2 Å². The van der Waals surface area contributed by atoms with E-state index in [2.05, 4.69) is 40.7 Å². The molecule has 0 aliphatic heterocycles. The van der Waals surface area contributed by atoms with Gasteiger partial charge in [-0.1, -0.05) is 6.92 Å². The Labute approximate surface area is 97.2 Å². The Morgan fingerprint density at radius 2 is 2.38 bits per heavy atom. The molecule has 1 heterocycles. The molecule has 90 valence electrons. The van der Waals surface area contributed by atoms with E-state index >= 15 is 0 Å². The van der Waals surface area contributed by atoms with Crippen LogP contribution in [0.5, 0.6) is 0 Å². The lowest BCUT2D eigenvalue weighted by Gasteiger charge is -2.13. The average Bonchev–Trinajstić information content (AvgIpc) is 3.01. The van der Waals surface area contributed by atoms with Crippen molar-refractivity contribution >= 4 is 0 Å². The minimum absolute atomic E-state index is 0.508. The van der Waals surface area contributed by atoms with Gasteiger partial charge in [-0.15, -0.1) is 0 Å². The number of nitrogens with one attached hydrogen (secondary N) is 3. The zero-order valence-electron chi connectivity index (χ0n) is 10.2. The summed E-state index contributed by atoms with van der Waals surface area (Å²) < 4.78 is 0. The molecule has 4 heteroatoms. The number of nitrogens with zero attached hydrogens (tertiary/aromatic N) is 1. The summed E-state index contributed by atoms with van der Waals surface area (Å²) in [6, 6.07) is 3.44. The van der Waals surface area contributed by atoms with Crippen molar-refractivity contribution < 1.29 is 0 Å². The second-order valence-electron chi connectivity index (χ2n) is 4.70. The van der Waals surface area contributed by atoms with Crippen LogP contribution in [0.2, 0.25) is 0 Å². The summed E-state index contributed by atoms with van der Waals surface area (Å²) in [7, 11) is 0. The van der Waals surface area contributed by atoms with Crippen molar-refractivity contribution in [3.05, 3.63) is 17.5 Å². The highest BCUT2D eigenvalue weighted by molar-refractivity contribution is 5.08. The van der Waals surface area contributed by atoms with Crippen LogP contribution in [-0.4, -0.2) is 28.8 Å². The fourth-order valence-corrected chi connectivity index (χ4v) is 1.67. The molecule has 1 aromatic rings. The van der Waals surface area contributed by atoms with Gasteiger partial charge in [0, 0.05) is 30.9 Å². The molecule has 1 unspecified atom stereocenters. The summed E-state index contributed by atoms with van der Waals surface area (Å²) in [4.78, 5) is 0. The van der Waals surface area contributed by atoms with Crippen molar-refractivity contribution in [2.24, 2.45) is 0 Å². The lowest BCUT2D eigenvalue weighted by Crippen LogP contribution is -2.36. The van der Waals surface area contributed by atoms with Crippen LogP contribution in [0.15, 0.2) is 6.07 Å². The predicted octanol–water partition coefficient (Wildman–Crippen LogP) is 1.20. The Hall–Kier alpha value is -0.870. The highest BCUT2D eigenvalue weighted by Gasteiger charge is 2.20. The Balaban J connectivity index is 1.64. The maximum Gasteiger partial charge on any atom is 0.0622 e. The molecule has 1 aliphatic rings. The fourth-order valence-electron chi connectivity index (χ4n) is 1.67. The summed E-state index contributed by atoms with van der Waals surface area (Å²) in [5.74, 6) is 0. The fraction of sp³-hybridized carbons (Fsp3) is 0.750. The summed E-state index contributed by atoms with van der Waals surface area (Å²) in [5.41, 5.74) is 2.32. The predicted molar refractivity (Wildman–Crippen MR) is 65.3 cm³/mol. The van der Waals surface area contributed by atoms with E-state index in [4.69, 9.17) is 0 Å². The van der Waals surface area contributed by atoms with Crippen molar-refractivity contribution in [2.75, 3.05) is 6.54 Å². The van der Waals surface area contributed by atoms with Gasteiger partial charge in [-0.2, -0.15) is 5.10 Å². The molecule has 0 amide bonds. The molecule has 1 fully saturated rings. The molecule has 0 bridgehead atoms. The maximum absolute atomic E-state index is 4.22. The summed E-state index contributed by atoms with van der Waals surface area (Å²) in [6.45, 7) is 6.27. The largest absolute Gasteiger partial charge is 0.312 e. The second-order valence-corrected chi connectivity index (χ2v) is 4.70. The summed E-state index contributed by atoms with van der Waals surface area (Å²) in [6.07, 6.45) is 3.70. The van der Waals surface area contributed by atoms with Crippen LogP contribution in [0.1, 0.15) is 38.1 Å². The average molecular weight is 222 g/mol. The van der Waals surface area contributed by atoms with Crippen molar-refractivity contribution in [3.63, 3.8) is 0 Å². The smallest absolute Gasteiger partial charge is 0.0622 e. The molecule has 16 heavy (non-hydrogen) atoms. The van der Waals surface area contributed by atoms with Gasteiger partial charge in [0.2, 0.25) is 0 Å². The van der Waals surface area contributed by atoms with Crippen LogP contribution in [0.4, 0.5) is 0 Å². The lowest BCUT2D eigenvalue weighted by molar-refractivity contribution is 0.496. The number of aromatic amines is 1. The van der Waals surface area contributed by atoms with Gasteiger partial charge in [-0.05, 0) is 32.3 Å². The number of hydrogen-bond donors (Lipinski definition) is 3. The topological polar surface area (TPSA) is 52.7 Å². The number of aryl methyl sites for hydroxylation is 1. The van der Waals surface area contributed by atoms with E-state index in [0.29, 0.717) is 6.04 Å². The quantitative estimate of drug-likeness (QED) is 0.650. The van der Waals surface area contributed by atoms with Gasteiger partial charge in [0.1, 0.15) is 0 Å². The SMILES string of the molecule is CCc1cc(CNC(C)CNC2CC2)[nH]n1. The summed E-state index contributed by atoms with van der Waals surface area (Å²) >= 11 is 0. The van der Waals surface area contributed by atoms with Crippen LogP contribution >= 0.6 is 0 Å². The first-order valence-corrected chi connectivity index (χ1v) is 6.28. The van der Waals surface area contributed by atoms with Crippen LogP contribution < -0.4 is 10.6 Å². The molecule has 1 aromatic heterocycles. The molecular formula is C12H22N4. The first-order chi connectivity index (χ1) is 7.78. The number of hydrogen-bond acceptors (Lipinski definition) is 3. The van der Waals surface area contributed by atoms with E-state index in [1.54, 1.807) is 0 Å². The Morgan fingerprint density at radius 3 is 3.00 bits per heavy atom. The molecule has 1 aliphatic carbocycles. The van der Waals surface area contributed by atoms with Crippen molar-refractivity contribution in [1.82, 2.24) is 20.8 Å². The molecule has 3 N–H and O–H groups in total. The molecule has 1 atom stereocenters. The van der Waals surface area contributed by atoms with Gasteiger partial charge in [0.15, 0.2) is 0 Å². The molecule has 1 saturated carbocycles. The normalized spacial score (nSPS) is 17.6. The number of H-pyrrole nitrogens is 1. The van der Waals surface area contributed by atoms with Gasteiger partial charge in [0.25, 0.3) is 0 Å². The zero-order valence-corrected chi connectivity index (χ0v) is 10.2. The standard InChI is InChI=1S/C12H22N4/c1-3-10-6-12(16-15-10)8-13-9(2)7-14-11-4-5-11/h6,9,11,13-14H,3-5,7-8H2,1-2H3,(H,15,16). The van der Waals surface area contributed by atoms with Crippen LogP contribution in [-0.2, 0) is 13.0 Å². The molecular weight excluding hydrogens is 200 g/mol. The monoisotopic (exact) mass is 222 g/mol. The first-order valence-electron chi connectivity index (χ1n) is 6.28. The van der Waals surface area contributed by atoms with Crippen molar-refractivity contribution in [1.29, 1.82) is 0 Å². The third-order valence-corrected chi connectivity index (χ3v) is 2.98. The number of rotatable bonds is 7. The Kier molecular flexibility index (Phi) is 3.96. The minimum atomic E-state index is 0.508. The van der Waals surface area contributed by atoms with Gasteiger partial charge in [-0.3, -0.25) is 5.10 Å². The highest BCUT2D eigenvalue weighted by Crippen LogP contribution is 2.18. The van der Waals surface area contributed by atoms with Crippen LogP contribution in [0.3, 0.4) is 0 Å². The second kappa shape index (κ2) is 5.46. The molecule has 0 radical (unpaired) electrons. The highest BCUT2D eigenvalue weighted by atomic mass is 15.1. The Morgan fingerprint density at radius 1 is 1.56 bits per heavy atom. The minimum Gasteiger partial charge on any atom is -0.312 e. The molecule has 0 saturated heterocycles. The van der Waals surface area contributed by atoms with E-state index < -0.39 is 0 Å². The molecule has 4 nitrogen and oxygen atoms in total. The molecule has 0 aromatic carbocycles. The molecule has 2 rings (SSSR count). The van der Waals surface area contributed by atoms with E-state index in [-0.39, 0.29) is 0 Å². The third-order valence-electron chi connectivity index (χ3n) is 2.98. The van der Waals surface area contributed by atoms with Crippen LogP contribution in [0, 0.1) is 0 Å². The lowest BCUT2D eigenvalue weighted by atomic mass is 10.3. The van der Waals surface area contributed by atoms with Crippen molar-refractivity contribution in [2.45, 2.75) is 51.7 Å². The van der Waals surface area contributed by atoms with Gasteiger partial charge in [-0.25, -0.2) is 0 Å². The Bertz CT molecular complexity index is 317.